The Labute approximate surface area is 162 Å². The van der Waals surface area contributed by atoms with Gasteiger partial charge in [0.15, 0.2) is 0 Å². The van der Waals surface area contributed by atoms with Crippen LogP contribution in [0.25, 0.3) is 0 Å². The summed E-state index contributed by atoms with van der Waals surface area (Å²) in [5.41, 5.74) is 1.48. The van der Waals surface area contributed by atoms with Crippen molar-refractivity contribution in [3.05, 3.63) is 59.9 Å². The van der Waals surface area contributed by atoms with Crippen LogP contribution in [0.3, 0.4) is 0 Å². The number of carbonyl (C=O) groups is 3. The lowest BCUT2D eigenvalue weighted by Gasteiger charge is -2.16. The molecule has 3 rings (SSSR count). The Morgan fingerprint density at radius 3 is 2.36 bits per heavy atom. The molecular weight excluding hydrogens is 363 g/mol. The van der Waals surface area contributed by atoms with Crippen LogP contribution in [0.5, 0.6) is 0 Å². The summed E-state index contributed by atoms with van der Waals surface area (Å²) >= 11 is 0. The van der Waals surface area contributed by atoms with E-state index < -0.39 is 11.9 Å². The van der Waals surface area contributed by atoms with Gasteiger partial charge in [0.25, 0.3) is 0 Å². The molecule has 146 valence electrons. The number of hydrogen-bond donors (Lipinski definition) is 1. The largest absolute Gasteiger partial charge is 0.459 e. The number of halogens is 1. The van der Waals surface area contributed by atoms with Crippen molar-refractivity contribution < 1.29 is 23.5 Å². The summed E-state index contributed by atoms with van der Waals surface area (Å²) < 4.78 is 18.2. The smallest absolute Gasteiger partial charge is 0.338 e. The van der Waals surface area contributed by atoms with Gasteiger partial charge >= 0.3 is 5.97 Å². The standard InChI is InChI=1S/C21H21FN2O4/c1-13(2)28-21(27)14-3-7-17(8-4-14)23-20(26)15-11-19(25)24(12-15)18-9-5-16(22)6-10-18/h3-10,13,15H,11-12H2,1-2H3,(H,23,26)/t15-/m0/s1. The molecule has 1 saturated heterocycles. The van der Waals surface area contributed by atoms with Crippen molar-refractivity contribution in [2.75, 3.05) is 16.8 Å². The average molecular weight is 384 g/mol. The monoisotopic (exact) mass is 384 g/mol. The zero-order valence-electron chi connectivity index (χ0n) is 15.6. The number of nitrogens with one attached hydrogen (secondary N) is 1. The minimum Gasteiger partial charge on any atom is -0.459 e. The quantitative estimate of drug-likeness (QED) is 0.802. The molecule has 2 aromatic rings. The molecule has 1 fully saturated rings. The van der Waals surface area contributed by atoms with Gasteiger partial charge in [0, 0.05) is 24.3 Å². The van der Waals surface area contributed by atoms with Crippen molar-refractivity contribution in [3.63, 3.8) is 0 Å². The Hall–Kier alpha value is -3.22. The van der Waals surface area contributed by atoms with Crippen LogP contribution in [0, 0.1) is 11.7 Å². The molecule has 1 aliphatic rings. The first-order valence-corrected chi connectivity index (χ1v) is 9.01. The zero-order valence-corrected chi connectivity index (χ0v) is 15.6. The maximum absolute atomic E-state index is 13.1. The summed E-state index contributed by atoms with van der Waals surface area (Å²) in [5, 5.41) is 2.76. The van der Waals surface area contributed by atoms with Gasteiger partial charge in [0.05, 0.1) is 17.6 Å². The molecule has 6 nitrogen and oxygen atoms in total. The van der Waals surface area contributed by atoms with Crippen LogP contribution in [0.15, 0.2) is 48.5 Å². The van der Waals surface area contributed by atoms with Crippen LogP contribution >= 0.6 is 0 Å². The molecule has 1 N–H and O–H groups in total. The van der Waals surface area contributed by atoms with Gasteiger partial charge in [-0.2, -0.15) is 0 Å². The van der Waals surface area contributed by atoms with E-state index in [0.29, 0.717) is 16.9 Å². The lowest BCUT2D eigenvalue weighted by Crippen LogP contribution is -2.28. The van der Waals surface area contributed by atoms with Crippen molar-refractivity contribution in [2.45, 2.75) is 26.4 Å². The van der Waals surface area contributed by atoms with Crippen LogP contribution < -0.4 is 10.2 Å². The molecule has 0 unspecified atom stereocenters. The number of rotatable bonds is 5. The molecule has 7 heteroatoms. The fraction of sp³-hybridized carbons (Fsp3) is 0.286. The van der Waals surface area contributed by atoms with E-state index in [-0.39, 0.29) is 36.7 Å². The molecule has 1 atom stereocenters. The van der Waals surface area contributed by atoms with E-state index in [9.17, 15) is 18.8 Å². The van der Waals surface area contributed by atoms with Crippen LogP contribution in [-0.4, -0.2) is 30.4 Å². The molecule has 0 bridgehead atoms. The topological polar surface area (TPSA) is 75.7 Å². The molecule has 0 spiro atoms. The zero-order chi connectivity index (χ0) is 20.3. The average Bonchev–Trinajstić information content (AvgIpc) is 3.04. The number of carbonyl (C=O) groups excluding carboxylic acids is 3. The Kier molecular flexibility index (Phi) is 5.73. The van der Waals surface area contributed by atoms with E-state index in [2.05, 4.69) is 5.32 Å². The molecule has 0 aliphatic carbocycles. The number of hydrogen-bond acceptors (Lipinski definition) is 4. The molecule has 1 heterocycles. The lowest BCUT2D eigenvalue weighted by molar-refractivity contribution is -0.122. The van der Waals surface area contributed by atoms with Gasteiger partial charge in [-0.25, -0.2) is 9.18 Å². The maximum Gasteiger partial charge on any atom is 0.338 e. The number of nitrogens with zero attached hydrogens (tertiary/aromatic N) is 1. The highest BCUT2D eigenvalue weighted by molar-refractivity contribution is 6.03. The summed E-state index contributed by atoms with van der Waals surface area (Å²) in [7, 11) is 0. The highest BCUT2D eigenvalue weighted by Crippen LogP contribution is 2.26. The van der Waals surface area contributed by atoms with Crippen molar-refractivity contribution in [1.82, 2.24) is 0 Å². The highest BCUT2D eigenvalue weighted by Gasteiger charge is 2.35. The molecule has 28 heavy (non-hydrogen) atoms. The molecule has 0 radical (unpaired) electrons. The number of anilines is 2. The van der Waals surface area contributed by atoms with Crippen molar-refractivity contribution >= 4 is 29.2 Å². The van der Waals surface area contributed by atoms with Gasteiger partial charge in [-0.15, -0.1) is 0 Å². The minimum atomic E-state index is -0.511. The fourth-order valence-electron chi connectivity index (χ4n) is 2.97. The third-order valence-electron chi connectivity index (χ3n) is 4.37. The molecule has 0 aromatic heterocycles. The second-order valence-electron chi connectivity index (χ2n) is 6.90. The third-order valence-corrected chi connectivity index (χ3v) is 4.37. The van der Waals surface area contributed by atoms with Crippen LogP contribution in [0.1, 0.15) is 30.6 Å². The van der Waals surface area contributed by atoms with Gasteiger partial charge < -0.3 is 15.0 Å². The normalized spacial score (nSPS) is 16.4. The predicted octanol–water partition coefficient (Wildman–Crippen LogP) is 3.38. The van der Waals surface area contributed by atoms with Gasteiger partial charge in [-0.3, -0.25) is 9.59 Å². The number of esters is 1. The number of ether oxygens (including phenoxy) is 1. The summed E-state index contributed by atoms with van der Waals surface area (Å²) in [6.45, 7) is 3.77. The van der Waals surface area contributed by atoms with E-state index >= 15 is 0 Å². The fourth-order valence-corrected chi connectivity index (χ4v) is 2.97. The first-order valence-electron chi connectivity index (χ1n) is 9.01. The summed E-state index contributed by atoms with van der Waals surface area (Å²) in [5.74, 6) is -1.79. The Morgan fingerprint density at radius 1 is 1.11 bits per heavy atom. The Bertz CT molecular complexity index is 878. The molecule has 2 aromatic carbocycles. The van der Waals surface area contributed by atoms with Crippen molar-refractivity contribution in [2.24, 2.45) is 5.92 Å². The van der Waals surface area contributed by atoms with E-state index in [0.717, 1.165) is 0 Å². The second kappa shape index (κ2) is 8.21. The summed E-state index contributed by atoms with van der Waals surface area (Å²) in [6, 6.07) is 12.0. The van der Waals surface area contributed by atoms with E-state index in [4.69, 9.17) is 4.74 Å². The molecule has 2 amide bonds. The Balaban J connectivity index is 1.61. The SMILES string of the molecule is CC(C)OC(=O)c1ccc(NC(=O)[C@H]2CC(=O)N(c3ccc(F)cc3)C2)cc1. The van der Waals surface area contributed by atoms with E-state index in [1.54, 1.807) is 38.1 Å². The van der Waals surface area contributed by atoms with Crippen LogP contribution in [0.4, 0.5) is 15.8 Å². The third kappa shape index (κ3) is 4.54. The summed E-state index contributed by atoms with van der Waals surface area (Å²) in [4.78, 5) is 38.1. The van der Waals surface area contributed by atoms with Crippen molar-refractivity contribution in [3.8, 4) is 0 Å². The Morgan fingerprint density at radius 2 is 1.75 bits per heavy atom. The minimum absolute atomic E-state index is 0.0853. The van der Waals surface area contributed by atoms with Gasteiger partial charge in [-0.05, 0) is 62.4 Å². The van der Waals surface area contributed by atoms with E-state index in [1.807, 2.05) is 0 Å². The number of benzene rings is 2. The van der Waals surface area contributed by atoms with Crippen LogP contribution in [0.2, 0.25) is 0 Å². The molecular formula is C21H21FN2O4. The van der Waals surface area contributed by atoms with Gasteiger partial charge in [-0.1, -0.05) is 0 Å². The van der Waals surface area contributed by atoms with Crippen LogP contribution in [-0.2, 0) is 14.3 Å². The van der Waals surface area contributed by atoms with E-state index in [1.165, 1.54) is 29.2 Å². The lowest BCUT2D eigenvalue weighted by atomic mass is 10.1. The second-order valence-corrected chi connectivity index (χ2v) is 6.90. The highest BCUT2D eigenvalue weighted by atomic mass is 19.1. The maximum atomic E-state index is 13.1. The number of amides is 2. The van der Waals surface area contributed by atoms with Gasteiger partial charge in [0.2, 0.25) is 11.8 Å². The summed E-state index contributed by atoms with van der Waals surface area (Å²) in [6.07, 6.45) is -0.127. The first-order chi connectivity index (χ1) is 13.3. The molecule has 1 aliphatic heterocycles. The first kappa shape index (κ1) is 19.5. The van der Waals surface area contributed by atoms with Gasteiger partial charge in [0.1, 0.15) is 5.82 Å². The van der Waals surface area contributed by atoms with Crippen molar-refractivity contribution in [1.29, 1.82) is 0 Å². The predicted molar refractivity (Wildman–Crippen MR) is 102 cm³/mol. The molecule has 0 saturated carbocycles.